The van der Waals surface area contributed by atoms with E-state index in [0.717, 1.165) is 0 Å². The predicted molar refractivity (Wildman–Crippen MR) is 195 cm³/mol. The monoisotopic (exact) mass is 746 g/mol. The van der Waals surface area contributed by atoms with Gasteiger partial charge in [-0.15, -0.1) is 0 Å². The van der Waals surface area contributed by atoms with Crippen LogP contribution in [0.1, 0.15) is 33.4 Å². The summed E-state index contributed by atoms with van der Waals surface area (Å²) in [7, 11) is -7.73. The third-order valence-corrected chi connectivity index (χ3v) is 12.8. The summed E-state index contributed by atoms with van der Waals surface area (Å²) in [5.74, 6) is 11.1. The molecule has 0 aliphatic heterocycles. The minimum absolute atomic E-state index is 0.00699. The number of fused-ring (bicyclic) bond motifs is 2. The highest BCUT2D eigenvalue weighted by Gasteiger charge is 2.60. The highest BCUT2D eigenvalue weighted by molar-refractivity contribution is 7.87. The first-order chi connectivity index (χ1) is 24.6. The average Bonchev–Trinajstić information content (AvgIpc) is 3.11. The molecule has 4 aromatic carbocycles. The number of benzene rings is 4. The molecule has 0 saturated carbocycles. The van der Waals surface area contributed by atoms with Gasteiger partial charge in [0.2, 0.25) is 0 Å². The number of hydrogen-bond donors (Lipinski definition) is 8. The summed E-state index contributed by atoms with van der Waals surface area (Å²) in [5, 5.41) is 24.5. The Kier molecular flexibility index (Phi) is 8.81. The molecule has 270 valence electrons. The first-order valence-electron chi connectivity index (χ1n) is 15.3. The second-order valence-corrected chi connectivity index (χ2v) is 15.3. The van der Waals surface area contributed by atoms with Crippen molar-refractivity contribution in [1.29, 1.82) is 10.8 Å². The van der Waals surface area contributed by atoms with Crippen LogP contribution in [0.2, 0.25) is 0 Å². The third-order valence-electron chi connectivity index (χ3n) is 9.80. The molecule has 4 unspecified atom stereocenters. The van der Waals surface area contributed by atoms with Gasteiger partial charge in [-0.1, -0.05) is 72.8 Å². The summed E-state index contributed by atoms with van der Waals surface area (Å²) < 4.78 is 82.8. The number of hydrogen-bond acceptors (Lipinski definition) is 14. The molecule has 12 N–H and O–H groups in total. The fraction of sp³-hybridized carbons (Fsp3) is 0.176. The number of hydrazone groups is 2. The van der Waals surface area contributed by atoms with Crippen molar-refractivity contribution in [2.24, 2.45) is 33.4 Å². The molecule has 18 heteroatoms. The summed E-state index contributed by atoms with van der Waals surface area (Å²) in [6.45, 7) is 0. The Morgan fingerprint density at radius 3 is 1.27 bits per heavy atom. The number of methoxy groups -OCH3 is 2. The average molecular weight is 747 g/mol. The SMILES string of the molecule is COc1cc(-c2ccc(C3(S(=O)(=O)O)c4ccccc4C(=N)/C(=N/N)C3N)c(OC)c2)ccc1C1(S(=O)(=O)O)c2ccccc2C(=N)/C(=N\N)C1N. The summed E-state index contributed by atoms with van der Waals surface area (Å²) in [6.07, 6.45) is 0. The Bertz CT molecular complexity index is 2300. The van der Waals surface area contributed by atoms with Crippen LogP contribution in [0.4, 0.5) is 0 Å². The normalized spacial score (nSPS) is 24.7. The van der Waals surface area contributed by atoms with Crippen LogP contribution in [0.25, 0.3) is 11.1 Å². The van der Waals surface area contributed by atoms with E-state index in [2.05, 4.69) is 10.2 Å². The molecule has 0 heterocycles. The van der Waals surface area contributed by atoms with Crippen LogP contribution in [-0.4, -0.2) is 75.1 Å². The zero-order valence-corrected chi connectivity index (χ0v) is 29.2. The van der Waals surface area contributed by atoms with Crippen molar-refractivity contribution in [2.45, 2.75) is 21.6 Å². The maximum absolute atomic E-state index is 13.6. The summed E-state index contributed by atoms with van der Waals surface area (Å²) in [4.78, 5) is 0. The molecule has 0 spiro atoms. The molecule has 2 aliphatic rings. The van der Waals surface area contributed by atoms with Crippen LogP contribution >= 0.6 is 0 Å². The van der Waals surface area contributed by atoms with Crippen molar-refractivity contribution in [3.63, 3.8) is 0 Å². The van der Waals surface area contributed by atoms with Gasteiger partial charge in [0, 0.05) is 22.3 Å². The lowest BCUT2D eigenvalue weighted by molar-refractivity contribution is 0.391. The molecule has 0 aromatic heterocycles. The summed E-state index contributed by atoms with van der Waals surface area (Å²) in [6, 6.07) is 17.6. The van der Waals surface area contributed by atoms with Crippen molar-refractivity contribution in [3.8, 4) is 22.6 Å². The number of nitrogens with two attached hydrogens (primary N) is 4. The van der Waals surface area contributed by atoms with Crippen molar-refractivity contribution >= 4 is 43.1 Å². The Hall–Kier alpha value is -5.50. The van der Waals surface area contributed by atoms with Crippen LogP contribution in [-0.2, 0) is 29.7 Å². The van der Waals surface area contributed by atoms with Gasteiger partial charge in [-0.3, -0.25) is 19.9 Å². The molecule has 4 atom stereocenters. The van der Waals surface area contributed by atoms with Crippen LogP contribution in [0.5, 0.6) is 11.5 Å². The lowest BCUT2D eigenvalue weighted by atomic mass is 9.72. The first kappa shape index (κ1) is 36.3. The summed E-state index contributed by atoms with van der Waals surface area (Å²) in [5.41, 5.74) is 13.1. The number of nitrogens with zero attached hydrogens (tertiary/aromatic N) is 2. The van der Waals surface area contributed by atoms with E-state index in [4.69, 9.17) is 43.4 Å². The molecule has 2 aliphatic carbocycles. The number of ether oxygens (including phenoxy) is 2. The van der Waals surface area contributed by atoms with E-state index in [0.29, 0.717) is 11.1 Å². The highest BCUT2D eigenvalue weighted by atomic mass is 32.2. The molecule has 4 aromatic rings. The second kappa shape index (κ2) is 12.6. The third kappa shape index (κ3) is 4.80. The van der Waals surface area contributed by atoms with E-state index < -0.39 is 41.8 Å². The van der Waals surface area contributed by atoms with Crippen LogP contribution in [0, 0.1) is 10.8 Å². The van der Waals surface area contributed by atoms with Crippen LogP contribution in [0.3, 0.4) is 0 Å². The molecule has 0 radical (unpaired) electrons. The van der Waals surface area contributed by atoms with Crippen molar-refractivity contribution in [3.05, 3.63) is 118 Å². The van der Waals surface area contributed by atoms with Crippen molar-refractivity contribution < 1.29 is 35.4 Å². The molecule has 52 heavy (non-hydrogen) atoms. The molecule has 16 nitrogen and oxygen atoms in total. The minimum Gasteiger partial charge on any atom is -0.496 e. The molecular weight excluding hydrogens is 713 g/mol. The van der Waals surface area contributed by atoms with Gasteiger partial charge in [0.05, 0.1) is 37.7 Å². The standard InChI is InChI=1S/C34H34N8O8S2/c1-49-25-15-17(11-13-23(25)33(51(43,44)45)21-9-5-3-7-19(21)27(35)29(41-39)31(33)37)18-12-14-24(26(16-18)50-2)34(52(46,47)48)22-10-6-4-8-20(22)28(36)30(42-40)32(34)38/h3-16,31-32,35-36H,37-40H2,1-2H3,(H,43,44,45)(H,46,47,48)/b35-27?,36-28?,41-29-,42-30+. The Morgan fingerprint density at radius 2 is 0.962 bits per heavy atom. The maximum atomic E-state index is 13.6. The van der Waals surface area contributed by atoms with E-state index in [1.54, 1.807) is 24.3 Å². The van der Waals surface area contributed by atoms with Gasteiger partial charge < -0.3 is 32.6 Å². The zero-order valence-electron chi connectivity index (χ0n) is 27.6. The molecular formula is C34H34N8O8S2. The fourth-order valence-corrected chi connectivity index (χ4v) is 10.2. The minimum atomic E-state index is -5.15. The maximum Gasteiger partial charge on any atom is 0.281 e. The van der Waals surface area contributed by atoms with Gasteiger partial charge >= 0.3 is 0 Å². The summed E-state index contributed by atoms with van der Waals surface area (Å²) >= 11 is 0. The quantitative estimate of drug-likeness (QED) is 0.0761. The molecule has 0 saturated heterocycles. The highest BCUT2D eigenvalue weighted by Crippen LogP contribution is 2.51. The topological polar surface area (TPSA) is 304 Å². The lowest BCUT2D eigenvalue weighted by Crippen LogP contribution is -2.61. The van der Waals surface area contributed by atoms with E-state index in [1.807, 2.05) is 0 Å². The zero-order chi connectivity index (χ0) is 38.0. The van der Waals surface area contributed by atoms with Gasteiger partial charge in [0.15, 0.2) is 9.49 Å². The van der Waals surface area contributed by atoms with Gasteiger partial charge in [0.1, 0.15) is 22.9 Å². The number of rotatable bonds is 7. The molecule has 6 rings (SSSR count). The smallest absolute Gasteiger partial charge is 0.281 e. The van der Waals surface area contributed by atoms with Gasteiger partial charge in [-0.2, -0.15) is 27.0 Å². The van der Waals surface area contributed by atoms with Crippen molar-refractivity contribution in [1.82, 2.24) is 0 Å². The fourth-order valence-electron chi connectivity index (χ4n) is 7.50. The lowest BCUT2D eigenvalue weighted by Gasteiger charge is -2.42. The van der Waals surface area contributed by atoms with Crippen LogP contribution in [0.15, 0.2) is 95.1 Å². The van der Waals surface area contributed by atoms with Gasteiger partial charge in [-0.25, -0.2) is 0 Å². The van der Waals surface area contributed by atoms with Gasteiger partial charge in [-0.05, 0) is 34.4 Å². The van der Waals surface area contributed by atoms with E-state index in [9.17, 15) is 25.9 Å². The molecule has 0 fully saturated rings. The predicted octanol–water partition coefficient (Wildman–Crippen LogP) is 1.68. The first-order valence-corrected chi connectivity index (χ1v) is 18.2. The Labute approximate surface area is 298 Å². The van der Waals surface area contributed by atoms with E-state index in [-0.39, 0.29) is 67.7 Å². The largest absolute Gasteiger partial charge is 0.496 e. The Balaban J connectivity index is 1.59. The van der Waals surface area contributed by atoms with Crippen LogP contribution < -0.4 is 32.6 Å². The Morgan fingerprint density at radius 1 is 0.615 bits per heavy atom. The van der Waals surface area contributed by atoms with Crippen molar-refractivity contribution in [2.75, 3.05) is 14.2 Å². The van der Waals surface area contributed by atoms with E-state index >= 15 is 0 Å². The van der Waals surface area contributed by atoms with E-state index in [1.165, 1.54) is 74.9 Å². The molecule has 0 amide bonds. The second-order valence-electron chi connectivity index (χ2n) is 12.1. The van der Waals surface area contributed by atoms with Gasteiger partial charge in [0.25, 0.3) is 20.2 Å². The molecule has 0 bridgehead atoms. The number of nitrogens with one attached hydrogen (secondary N) is 2.